The third kappa shape index (κ3) is 7.37. The number of allylic oxidation sites excluding steroid dienone is 8. The molecule has 0 bridgehead atoms. The van der Waals surface area contributed by atoms with Crippen LogP contribution in [0, 0.1) is 0 Å². The molecule has 22 heteroatoms. The van der Waals surface area contributed by atoms with Gasteiger partial charge in [0.05, 0.1) is 0 Å². The number of fused-ring (bicyclic) bond motifs is 1. The number of azo groups is 2. The zero-order valence-electron chi connectivity index (χ0n) is 21.7. The Hall–Kier alpha value is -3.16. The number of hydrogen-bond donors (Lipinski definition) is 8. The van der Waals surface area contributed by atoms with E-state index < -0.39 is 101 Å². The van der Waals surface area contributed by atoms with Gasteiger partial charge >= 0.3 is 255 Å². The van der Waals surface area contributed by atoms with E-state index in [-0.39, 0.29) is 24.2 Å². The minimum absolute atomic E-state index is 0.0618. The maximum atomic E-state index is 12.2. The summed E-state index contributed by atoms with van der Waals surface area (Å²) >= 11 is -10.5. The first-order chi connectivity index (χ1) is 20.2. The van der Waals surface area contributed by atoms with E-state index in [0.717, 1.165) is 0 Å². The van der Waals surface area contributed by atoms with Crippen LogP contribution < -0.4 is 0 Å². The van der Waals surface area contributed by atoms with Crippen LogP contribution >= 0.6 is 0 Å². The second-order valence-corrected chi connectivity index (χ2v) is 19.9. The second-order valence-electron chi connectivity index (χ2n) is 9.40. The predicted octanol–water partition coefficient (Wildman–Crippen LogP) is 2.05. The number of benzene rings is 2. The van der Waals surface area contributed by atoms with Crippen molar-refractivity contribution in [3.8, 4) is 11.5 Å². The molecule has 0 fully saturated rings. The standard InChI is InChI=1S/C22H22As2N4O14S2/c29-21-18-11(7-16(43(37,38)39)19(21)27-25-14-5-1-3-12(9-14)23(31,32)33)8-17(44(40,41)42)20(22(18)30)28-26-15-6-2-4-13(10-15)24(34,35)36/h1-8,12-13,29-30H,9-10H2,(H2,31,32,33)(H2,34,35,36)(H,37,38,39)(H,40,41,42). The molecule has 0 radical (unpaired) electrons. The maximum absolute atomic E-state index is 12.2. The van der Waals surface area contributed by atoms with Crippen LogP contribution in [-0.2, 0) is 27.7 Å². The Labute approximate surface area is 253 Å². The number of hydrogen-bond acceptors (Lipinski definition) is 12. The van der Waals surface area contributed by atoms with Crippen LogP contribution in [0.2, 0.25) is 9.41 Å². The van der Waals surface area contributed by atoms with Gasteiger partial charge in [-0.3, -0.25) is 0 Å². The van der Waals surface area contributed by atoms with Crippen molar-refractivity contribution in [2.75, 3.05) is 0 Å². The summed E-state index contributed by atoms with van der Waals surface area (Å²) in [6, 6.07) is 1.21. The topological polar surface area (TPSA) is 314 Å². The van der Waals surface area contributed by atoms with E-state index in [0.29, 0.717) is 12.1 Å². The van der Waals surface area contributed by atoms with Crippen LogP contribution in [0.15, 0.2) is 90.2 Å². The van der Waals surface area contributed by atoms with Crippen LogP contribution in [0.4, 0.5) is 11.4 Å². The third-order valence-corrected chi connectivity index (χ3v) is 13.2. The molecule has 2 aromatic carbocycles. The Bertz CT molecular complexity index is 1920. The van der Waals surface area contributed by atoms with Crippen molar-refractivity contribution >= 4 is 70.7 Å². The summed E-state index contributed by atoms with van der Waals surface area (Å²) in [6.45, 7) is 0. The van der Waals surface area contributed by atoms with Crippen LogP contribution in [-0.4, -0.2) is 80.9 Å². The van der Waals surface area contributed by atoms with Crippen LogP contribution in [0.25, 0.3) is 10.8 Å². The van der Waals surface area contributed by atoms with E-state index in [9.17, 15) is 60.0 Å². The molecule has 18 nitrogen and oxygen atoms in total. The van der Waals surface area contributed by atoms with Gasteiger partial charge in [-0.05, 0) is 0 Å². The van der Waals surface area contributed by atoms with Crippen molar-refractivity contribution < 1.29 is 60.0 Å². The molecule has 2 aliphatic rings. The molecule has 0 aromatic heterocycles. The first kappa shape index (κ1) is 33.7. The molecule has 0 amide bonds. The van der Waals surface area contributed by atoms with Gasteiger partial charge in [-0.2, -0.15) is 0 Å². The fraction of sp³-hybridized carbons (Fsp3) is 0.182. The van der Waals surface area contributed by atoms with Crippen molar-refractivity contribution in [1.29, 1.82) is 0 Å². The van der Waals surface area contributed by atoms with Crippen molar-refractivity contribution in [2.45, 2.75) is 32.0 Å². The van der Waals surface area contributed by atoms with Crippen molar-refractivity contribution in [3.63, 3.8) is 0 Å². The predicted molar refractivity (Wildman–Crippen MR) is 149 cm³/mol. The Kier molecular flexibility index (Phi) is 9.18. The Balaban J connectivity index is 1.90. The molecule has 0 saturated carbocycles. The number of rotatable bonds is 8. The molecule has 0 aliphatic heterocycles. The third-order valence-electron chi connectivity index (χ3n) is 6.31. The molecule has 4 rings (SSSR count). The van der Waals surface area contributed by atoms with Gasteiger partial charge in [-0.15, -0.1) is 0 Å². The van der Waals surface area contributed by atoms with Crippen molar-refractivity contribution in [3.05, 3.63) is 60.0 Å². The van der Waals surface area contributed by atoms with E-state index in [1.807, 2.05) is 0 Å². The zero-order valence-corrected chi connectivity index (χ0v) is 27.1. The Morgan fingerprint density at radius 1 is 0.659 bits per heavy atom. The van der Waals surface area contributed by atoms with Gasteiger partial charge in [0.25, 0.3) is 0 Å². The molecule has 0 saturated heterocycles. The normalized spacial score (nSPS) is 20.0. The zero-order chi connectivity index (χ0) is 32.8. The molecule has 2 aromatic rings. The molecule has 44 heavy (non-hydrogen) atoms. The van der Waals surface area contributed by atoms with Gasteiger partial charge in [0.1, 0.15) is 0 Å². The van der Waals surface area contributed by atoms with Crippen molar-refractivity contribution in [1.82, 2.24) is 0 Å². The summed E-state index contributed by atoms with van der Waals surface area (Å²) in [6.07, 6.45) is 6.97. The molecule has 236 valence electrons. The van der Waals surface area contributed by atoms with Gasteiger partial charge in [0, 0.05) is 0 Å². The van der Waals surface area contributed by atoms with Crippen molar-refractivity contribution in [2.24, 2.45) is 20.5 Å². The van der Waals surface area contributed by atoms with Gasteiger partial charge in [0.2, 0.25) is 0 Å². The molecule has 0 spiro atoms. The quantitative estimate of drug-likeness (QED) is 0.108. The molecule has 2 unspecified atom stereocenters. The summed E-state index contributed by atoms with van der Waals surface area (Å²) in [5.41, 5.74) is -2.04. The van der Waals surface area contributed by atoms with E-state index in [2.05, 4.69) is 20.5 Å². The van der Waals surface area contributed by atoms with E-state index in [1.165, 1.54) is 36.5 Å². The number of phenols is 2. The SMILES string of the molecule is O=S(=O)(O)c1cc2cc(S(=O)(=O)O)c(N=NC3=CC=CC([As](=O)(O)O)C3)c(O)c2c(O)c1N=NC1=CC=CC([As](=O)(O)O)C1. The summed E-state index contributed by atoms with van der Waals surface area (Å²) in [5, 5.41) is 35.5. The number of aromatic hydroxyl groups is 2. The molecule has 8 N–H and O–H groups in total. The Morgan fingerprint density at radius 3 is 1.34 bits per heavy atom. The van der Waals surface area contributed by atoms with Gasteiger partial charge in [-0.1, -0.05) is 0 Å². The summed E-state index contributed by atoms with van der Waals surface area (Å²) in [5.74, 6) is -2.33. The molecule has 2 atom stereocenters. The first-order valence-electron chi connectivity index (χ1n) is 11.9. The fourth-order valence-corrected chi connectivity index (χ4v) is 8.63. The van der Waals surface area contributed by atoms with Gasteiger partial charge in [-0.25, -0.2) is 0 Å². The molecule has 2 aliphatic carbocycles. The number of phenolic OH excluding ortho intramolecular Hbond substituents is 2. The average molecular weight is 780 g/mol. The van der Waals surface area contributed by atoms with Crippen LogP contribution in [0.5, 0.6) is 11.5 Å². The van der Waals surface area contributed by atoms with Crippen LogP contribution in [0.3, 0.4) is 0 Å². The summed E-state index contributed by atoms with van der Waals surface area (Å²) in [7, 11) is -10.5. The fourth-order valence-electron chi connectivity index (χ4n) is 4.18. The van der Waals surface area contributed by atoms with E-state index in [4.69, 9.17) is 0 Å². The summed E-state index contributed by atoms with van der Waals surface area (Å²) < 4.78 is 127. The van der Waals surface area contributed by atoms with E-state index >= 15 is 0 Å². The molecule has 0 heterocycles. The second kappa shape index (κ2) is 12.0. The monoisotopic (exact) mass is 780 g/mol. The average Bonchev–Trinajstić information content (AvgIpc) is 2.90. The van der Waals surface area contributed by atoms with Gasteiger partial charge in [0.15, 0.2) is 0 Å². The minimum atomic E-state index is -5.25. The van der Waals surface area contributed by atoms with Crippen LogP contribution in [0.1, 0.15) is 12.8 Å². The van der Waals surface area contributed by atoms with Gasteiger partial charge < -0.3 is 0 Å². The Morgan fingerprint density at radius 2 is 1.02 bits per heavy atom. The first-order valence-corrected chi connectivity index (χ1v) is 21.8. The van der Waals surface area contributed by atoms with E-state index in [1.54, 1.807) is 0 Å². The molecular formula is C22H22As2N4O14S2. The summed E-state index contributed by atoms with van der Waals surface area (Å²) in [4.78, 5) is -2.23. The molecular weight excluding hydrogens is 758 g/mol. The number of nitrogens with zero attached hydrogens (tertiary/aromatic N) is 4.